The highest BCUT2D eigenvalue weighted by Crippen LogP contribution is 2.26. The number of hydrogen-bond donors (Lipinski definition) is 1. The molecule has 7 nitrogen and oxygen atoms in total. The Morgan fingerprint density at radius 2 is 2.00 bits per heavy atom. The van der Waals surface area contributed by atoms with Gasteiger partial charge in [-0.3, -0.25) is 9.69 Å². The summed E-state index contributed by atoms with van der Waals surface area (Å²) in [6.07, 6.45) is -0.693. The van der Waals surface area contributed by atoms with E-state index in [0.29, 0.717) is 31.9 Å². The first-order valence-electron chi connectivity index (χ1n) is 6.85. The van der Waals surface area contributed by atoms with Crippen LogP contribution in [0.2, 0.25) is 0 Å². The highest BCUT2D eigenvalue weighted by atomic mass is 16.6. The minimum absolute atomic E-state index is 0.0813. The number of morpholine rings is 1. The second-order valence-electron chi connectivity index (χ2n) is 4.97. The molecule has 7 heteroatoms. The maximum atomic E-state index is 11.9. The maximum absolute atomic E-state index is 11.9. The van der Waals surface area contributed by atoms with Crippen molar-refractivity contribution in [3.8, 4) is 0 Å². The average molecular weight is 291 g/mol. The minimum Gasteiger partial charge on any atom is -0.443 e. The third kappa shape index (κ3) is 2.70. The summed E-state index contributed by atoms with van der Waals surface area (Å²) in [6, 6.07) is 7.28. The third-order valence-corrected chi connectivity index (χ3v) is 3.58. The molecule has 0 saturated carbocycles. The van der Waals surface area contributed by atoms with Crippen LogP contribution in [0.5, 0.6) is 0 Å². The Hall–Kier alpha value is -2.12. The van der Waals surface area contributed by atoms with Crippen molar-refractivity contribution in [1.29, 1.82) is 0 Å². The molecule has 2 aliphatic heterocycles. The summed E-state index contributed by atoms with van der Waals surface area (Å²) in [5, 5.41) is 0. The van der Waals surface area contributed by atoms with E-state index in [-0.39, 0.29) is 18.6 Å². The fraction of sp³-hybridized carbons (Fsp3) is 0.429. The second kappa shape index (κ2) is 5.71. The normalized spacial score (nSPS) is 22.6. The molecule has 112 valence electrons. The van der Waals surface area contributed by atoms with E-state index >= 15 is 0 Å². The van der Waals surface area contributed by atoms with Crippen LogP contribution in [0.25, 0.3) is 0 Å². The monoisotopic (exact) mass is 291 g/mol. The van der Waals surface area contributed by atoms with Crippen molar-refractivity contribution < 1.29 is 19.1 Å². The molecule has 1 aromatic rings. The summed E-state index contributed by atoms with van der Waals surface area (Å²) in [6.45, 7) is 1.83. The van der Waals surface area contributed by atoms with Gasteiger partial charge in [-0.2, -0.15) is 0 Å². The van der Waals surface area contributed by atoms with Gasteiger partial charge in [-0.05, 0) is 18.2 Å². The highest BCUT2D eigenvalue weighted by Gasteiger charge is 2.32. The molecule has 21 heavy (non-hydrogen) atoms. The molecule has 2 N–H and O–H groups in total. The fourth-order valence-corrected chi connectivity index (χ4v) is 2.47. The van der Waals surface area contributed by atoms with Gasteiger partial charge >= 0.3 is 6.09 Å². The number of anilines is 2. The number of benzene rings is 1. The summed E-state index contributed by atoms with van der Waals surface area (Å²) in [7, 11) is 0. The van der Waals surface area contributed by atoms with E-state index in [1.54, 1.807) is 4.90 Å². The summed E-state index contributed by atoms with van der Waals surface area (Å²) in [4.78, 5) is 26.9. The molecule has 1 aromatic carbocycles. The Bertz CT molecular complexity index is 563. The molecule has 0 radical (unpaired) electrons. The van der Waals surface area contributed by atoms with Crippen LogP contribution >= 0.6 is 0 Å². The Morgan fingerprint density at radius 1 is 1.24 bits per heavy atom. The minimum atomic E-state index is -0.407. The Labute approximate surface area is 122 Å². The van der Waals surface area contributed by atoms with Crippen LogP contribution < -0.4 is 15.5 Å². The Morgan fingerprint density at radius 3 is 2.67 bits per heavy atom. The molecule has 2 saturated heterocycles. The fourth-order valence-electron chi connectivity index (χ4n) is 2.47. The number of rotatable bonds is 3. The number of nitrogens with zero attached hydrogens (tertiary/aromatic N) is 2. The average Bonchev–Trinajstić information content (AvgIpc) is 2.89. The lowest BCUT2D eigenvalue weighted by Crippen LogP contribution is -2.41. The number of hydrogen-bond acceptors (Lipinski definition) is 5. The number of ether oxygens (including phenoxy) is 2. The van der Waals surface area contributed by atoms with Gasteiger partial charge in [0.15, 0.2) is 0 Å². The molecule has 3 rings (SSSR count). The van der Waals surface area contributed by atoms with Crippen molar-refractivity contribution >= 4 is 23.4 Å². The largest absolute Gasteiger partial charge is 0.443 e. The summed E-state index contributed by atoms with van der Waals surface area (Å²) in [5.41, 5.74) is 6.99. The molecular formula is C14H17N3O4. The molecule has 1 atom stereocenters. The van der Waals surface area contributed by atoms with Gasteiger partial charge in [-0.1, -0.05) is 6.07 Å². The van der Waals surface area contributed by atoms with Crippen LogP contribution in [0, 0.1) is 0 Å². The van der Waals surface area contributed by atoms with Crippen molar-refractivity contribution in [1.82, 2.24) is 0 Å². The summed E-state index contributed by atoms with van der Waals surface area (Å²) >= 11 is 0. The van der Waals surface area contributed by atoms with Crippen molar-refractivity contribution in [3.63, 3.8) is 0 Å². The number of carbonyl (C=O) groups excluding carboxylic acids is 2. The van der Waals surface area contributed by atoms with E-state index < -0.39 is 6.09 Å². The third-order valence-electron chi connectivity index (χ3n) is 3.58. The number of carbonyl (C=O) groups is 2. The zero-order chi connectivity index (χ0) is 14.8. The number of nitrogens with two attached hydrogens (primary N) is 1. The van der Waals surface area contributed by atoms with Crippen LogP contribution in [-0.4, -0.2) is 51.0 Å². The van der Waals surface area contributed by atoms with Gasteiger partial charge in [-0.25, -0.2) is 4.79 Å². The number of amides is 2. The molecule has 2 fully saturated rings. The predicted molar refractivity (Wildman–Crippen MR) is 76.3 cm³/mol. The van der Waals surface area contributed by atoms with E-state index in [1.165, 1.54) is 4.90 Å². The van der Waals surface area contributed by atoms with E-state index in [4.69, 9.17) is 15.2 Å². The van der Waals surface area contributed by atoms with E-state index in [2.05, 4.69) is 0 Å². The zero-order valence-corrected chi connectivity index (χ0v) is 11.5. The standard InChI is InChI=1S/C14H17N3O4/c15-7-12-8-17(14(19)21-12)11-3-1-2-10(6-11)16-4-5-20-9-13(16)18/h1-3,6,12H,4-5,7-9,15H2/t12-/m0/s1. The van der Waals surface area contributed by atoms with Gasteiger partial charge < -0.3 is 20.1 Å². The van der Waals surface area contributed by atoms with E-state index in [0.717, 1.165) is 5.69 Å². The van der Waals surface area contributed by atoms with Crippen LogP contribution in [0.1, 0.15) is 0 Å². The zero-order valence-electron chi connectivity index (χ0n) is 11.5. The van der Waals surface area contributed by atoms with Crippen LogP contribution in [0.3, 0.4) is 0 Å². The maximum Gasteiger partial charge on any atom is 0.414 e. The smallest absolute Gasteiger partial charge is 0.414 e. The van der Waals surface area contributed by atoms with E-state index in [1.807, 2.05) is 24.3 Å². The van der Waals surface area contributed by atoms with Gasteiger partial charge in [0, 0.05) is 24.5 Å². The Kier molecular flexibility index (Phi) is 3.76. The lowest BCUT2D eigenvalue weighted by Gasteiger charge is -2.27. The Balaban J connectivity index is 1.83. The number of cyclic esters (lactones) is 1. The first kappa shape index (κ1) is 13.8. The van der Waals surface area contributed by atoms with Crippen molar-refractivity contribution in [3.05, 3.63) is 24.3 Å². The molecule has 0 aromatic heterocycles. The quantitative estimate of drug-likeness (QED) is 0.867. The van der Waals surface area contributed by atoms with Gasteiger partial charge in [0.2, 0.25) is 0 Å². The molecule has 0 aliphatic carbocycles. The van der Waals surface area contributed by atoms with Gasteiger partial charge in [0.25, 0.3) is 5.91 Å². The predicted octanol–water partition coefficient (Wildman–Crippen LogP) is 0.334. The van der Waals surface area contributed by atoms with Crippen molar-refractivity contribution in [2.75, 3.05) is 42.6 Å². The molecule has 0 bridgehead atoms. The van der Waals surface area contributed by atoms with Crippen LogP contribution in [-0.2, 0) is 14.3 Å². The molecule has 0 spiro atoms. The molecule has 2 heterocycles. The first-order valence-corrected chi connectivity index (χ1v) is 6.85. The summed E-state index contributed by atoms with van der Waals surface area (Å²) in [5.74, 6) is -0.0813. The molecule has 0 unspecified atom stereocenters. The van der Waals surface area contributed by atoms with Gasteiger partial charge in [-0.15, -0.1) is 0 Å². The molecule has 2 aliphatic rings. The van der Waals surface area contributed by atoms with Gasteiger partial charge in [0.1, 0.15) is 12.7 Å². The summed E-state index contributed by atoms with van der Waals surface area (Å²) < 4.78 is 10.3. The lowest BCUT2D eigenvalue weighted by molar-refractivity contribution is -0.125. The molecular weight excluding hydrogens is 274 g/mol. The molecule has 2 amide bonds. The second-order valence-corrected chi connectivity index (χ2v) is 4.97. The van der Waals surface area contributed by atoms with Crippen LogP contribution in [0.15, 0.2) is 24.3 Å². The van der Waals surface area contributed by atoms with Gasteiger partial charge in [0.05, 0.1) is 13.2 Å². The van der Waals surface area contributed by atoms with Crippen LogP contribution in [0.4, 0.5) is 16.2 Å². The first-order chi connectivity index (χ1) is 10.2. The van der Waals surface area contributed by atoms with Crippen molar-refractivity contribution in [2.45, 2.75) is 6.10 Å². The van der Waals surface area contributed by atoms with E-state index in [9.17, 15) is 9.59 Å². The lowest BCUT2D eigenvalue weighted by atomic mass is 10.2. The highest BCUT2D eigenvalue weighted by molar-refractivity contribution is 5.96. The topological polar surface area (TPSA) is 85.1 Å². The van der Waals surface area contributed by atoms with Crippen molar-refractivity contribution in [2.24, 2.45) is 5.73 Å². The SMILES string of the molecule is NC[C@H]1CN(c2cccc(N3CCOCC3=O)c2)C(=O)O1.